The fourth-order valence-corrected chi connectivity index (χ4v) is 2.95. The Kier molecular flexibility index (Phi) is 4.34. The molecule has 0 aliphatic heterocycles. The van der Waals surface area contributed by atoms with Crippen molar-refractivity contribution in [3.63, 3.8) is 0 Å². The molecular formula is C15H23N3O3. The third-order valence-corrected chi connectivity index (χ3v) is 4.48. The Morgan fingerprint density at radius 2 is 2.24 bits per heavy atom. The first-order valence-corrected chi connectivity index (χ1v) is 7.53. The van der Waals surface area contributed by atoms with Crippen LogP contribution >= 0.6 is 0 Å². The maximum Gasteiger partial charge on any atom is 0.311 e. The molecule has 0 aromatic carbocycles. The van der Waals surface area contributed by atoms with Gasteiger partial charge in [-0.1, -0.05) is 13.3 Å². The molecule has 2 atom stereocenters. The van der Waals surface area contributed by atoms with Crippen LogP contribution in [0.5, 0.6) is 0 Å². The van der Waals surface area contributed by atoms with Gasteiger partial charge < -0.3 is 10.4 Å². The zero-order valence-electron chi connectivity index (χ0n) is 12.8. The summed E-state index contributed by atoms with van der Waals surface area (Å²) in [5.41, 5.74) is 0.503. The molecule has 1 fully saturated rings. The molecule has 1 amide bonds. The molecule has 0 bridgehead atoms. The van der Waals surface area contributed by atoms with E-state index in [0.29, 0.717) is 25.1 Å². The summed E-state index contributed by atoms with van der Waals surface area (Å²) in [7, 11) is 0. The summed E-state index contributed by atoms with van der Waals surface area (Å²) in [6, 6.07) is 1.46. The highest BCUT2D eigenvalue weighted by molar-refractivity contribution is 5.93. The number of aryl methyl sites for hydroxylation is 2. The van der Waals surface area contributed by atoms with Gasteiger partial charge in [-0.2, -0.15) is 5.10 Å². The molecule has 2 rings (SSSR count). The van der Waals surface area contributed by atoms with E-state index in [1.54, 1.807) is 17.7 Å². The molecule has 1 heterocycles. The lowest BCUT2D eigenvalue weighted by molar-refractivity contribution is -0.148. The van der Waals surface area contributed by atoms with E-state index in [0.717, 1.165) is 18.5 Å². The van der Waals surface area contributed by atoms with Crippen molar-refractivity contribution in [1.82, 2.24) is 15.1 Å². The van der Waals surface area contributed by atoms with Gasteiger partial charge in [0.2, 0.25) is 0 Å². The van der Waals surface area contributed by atoms with Gasteiger partial charge >= 0.3 is 5.97 Å². The zero-order chi connectivity index (χ0) is 15.6. The molecule has 2 unspecified atom stereocenters. The second-order valence-electron chi connectivity index (χ2n) is 5.83. The Morgan fingerprint density at radius 1 is 1.52 bits per heavy atom. The number of nitrogens with zero attached hydrogens (tertiary/aromatic N) is 2. The first kappa shape index (κ1) is 15.5. The molecule has 1 saturated carbocycles. The number of carbonyl (C=O) groups excluding carboxylic acids is 1. The number of amides is 1. The average Bonchev–Trinajstić information content (AvgIpc) is 3.03. The molecule has 6 heteroatoms. The highest BCUT2D eigenvalue weighted by Crippen LogP contribution is 2.38. The second-order valence-corrected chi connectivity index (χ2v) is 5.83. The Morgan fingerprint density at radius 3 is 2.81 bits per heavy atom. The number of carbonyl (C=O) groups is 2. The SMILES string of the molecule is CCc1cc(C(=O)NC2CCCC2(C)C(=O)O)n(CC)n1. The van der Waals surface area contributed by atoms with Gasteiger partial charge in [0, 0.05) is 12.6 Å². The molecule has 1 aromatic heterocycles. The predicted octanol–water partition coefficient (Wildman–Crippen LogP) is 1.84. The number of rotatable bonds is 5. The van der Waals surface area contributed by atoms with Crippen LogP contribution in [0, 0.1) is 5.41 Å². The topological polar surface area (TPSA) is 84.2 Å². The molecule has 1 aliphatic carbocycles. The molecular weight excluding hydrogens is 270 g/mol. The number of carboxylic acids is 1. The summed E-state index contributed by atoms with van der Waals surface area (Å²) in [5.74, 6) is -1.08. The molecule has 0 saturated heterocycles. The van der Waals surface area contributed by atoms with Crippen LogP contribution in [0.3, 0.4) is 0 Å². The standard InChI is InChI=1S/C15H23N3O3/c1-4-10-9-11(18(5-2)17-10)13(19)16-12-7-6-8-15(12,3)14(20)21/h9,12H,4-8H2,1-3H3,(H,16,19)(H,20,21). The monoisotopic (exact) mass is 293 g/mol. The van der Waals surface area contributed by atoms with Crippen molar-refractivity contribution < 1.29 is 14.7 Å². The minimum Gasteiger partial charge on any atom is -0.481 e. The van der Waals surface area contributed by atoms with E-state index < -0.39 is 11.4 Å². The largest absolute Gasteiger partial charge is 0.481 e. The summed E-state index contributed by atoms with van der Waals surface area (Å²) < 4.78 is 1.67. The Balaban J connectivity index is 2.18. The third kappa shape index (κ3) is 2.80. The lowest BCUT2D eigenvalue weighted by atomic mass is 9.85. The lowest BCUT2D eigenvalue weighted by Gasteiger charge is -2.27. The Labute approximate surface area is 124 Å². The number of aromatic nitrogens is 2. The van der Waals surface area contributed by atoms with Crippen molar-refractivity contribution in [3.05, 3.63) is 17.5 Å². The van der Waals surface area contributed by atoms with Crippen LogP contribution in [-0.4, -0.2) is 32.8 Å². The van der Waals surface area contributed by atoms with Gasteiger partial charge in [-0.25, -0.2) is 0 Å². The molecule has 0 spiro atoms. The molecule has 1 aliphatic rings. The van der Waals surface area contributed by atoms with Gasteiger partial charge in [-0.3, -0.25) is 14.3 Å². The summed E-state index contributed by atoms with van der Waals surface area (Å²) in [6.45, 7) is 6.24. The lowest BCUT2D eigenvalue weighted by Crippen LogP contribution is -2.47. The van der Waals surface area contributed by atoms with E-state index in [-0.39, 0.29) is 11.9 Å². The first-order chi connectivity index (χ1) is 9.92. The minimum atomic E-state index is -0.875. The predicted molar refractivity (Wildman–Crippen MR) is 78.1 cm³/mol. The summed E-state index contributed by atoms with van der Waals surface area (Å²) in [4.78, 5) is 23.9. The van der Waals surface area contributed by atoms with Crippen molar-refractivity contribution in [2.45, 2.75) is 59.0 Å². The minimum absolute atomic E-state index is 0.233. The van der Waals surface area contributed by atoms with E-state index in [2.05, 4.69) is 10.4 Å². The average molecular weight is 293 g/mol. The van der Waals surface area contributed by atoms with Crippen LogP contribution in [0.25, 0.3) is 0 Å². The van der Waals surface area contributed by atoms with Crippen LogP contribution in [-0.2, 0) is 17.8 Å². The number of hydrogen-bond donors (Lipinski definition) is 2. The van der Waals surface area contributed by atoms with Crippen LogP contribution < -0.4 is 5.32 Å². The van der Waals surface area contributed by atoms with Crippen molar-refractivity contribution in [1.29, 1.82) is 0 Å². The van der Waals surface area contributed by atoms with Gasteiger partial charge in [0.25, 0.3) is 5.91 Å². The maximum absolute atomic E-state index is 12.5. The van der Waals surface area contributed by atoms with E-state index in [1.165, 1.54) is 0 Å². The third-order valence-electron chi connectivity index (χ3n) is 4.48. The molecule has 2 N–H and O–H groups in total. The zero-order valence-corrected chi connectivity index (χ0v) is 12.8. The van der Waals surface area contributed by atoms with E-state index >= 15 is 0 Å². The number of aliphatic carboxylic acids is 1. The van der Waals surface area contributed by atoms with Gasteiger partial charge in [-0.15, -0.1) is 0 Å². The number of carboxylic acid groups (broad SMARTS) is 1. The summed E-state index contributed by atoms with van der Waals surface area (Å²) in [5, 5.41) is 16.7. The quantitative estimate of drug-likeness (QED) is 0.867. The van der Waals surface area contributed by atoms with Crippen molar-refractivity contribution in [2.75, 3.05) is 0 Å². The van der Waals surface area contributed by atoms with Crippen molar-refractivity contribution in [3.8, 4) is 0 Å². The second kappa shape index (κ2) is 5.87. The number of hydrogen-bond acceptors (Lipinski definition) is 3. The van der Waals surface area contributed by atoms with Gasteiger partial charge in [0.05, 0.1) is 11.1 Å². The fraction of sp³-hybridized carbons (Fsp3) is 0.667. The number of nitrogens with one attached hydrogen (secondary N) is 1. The van der Waals surface area contributed by atoms with Crippen LogP contribution in [0.1, 0.15) is 56.2 Å². The Bertz CT molecular complexity index is 552. The summed E-state index contributed by atoms with van der Waals surface area (Å²) in [6.07, 6.45) is 2.89. The molecule has 21 heavy (non-hydrogen) atoms. The Hall–Kier alpha value is -1.85. The summed E-state index contributed by atoms with van der Waals surface area (Å²) >= 11 is 0. The molecule has 116 valence electrons. The molecule has 0 radical (unpaired) electrons. The van der Waals surface area contributed by atoms with E-state index in [1.807, 2.05) is 13.8 Å². The van der Waals surface area contributed by atoms with Gasteiger partial charge in [-0.05, 0) is 39.2 Å². The van der Waals surface area contributed by atoms with Gasteiger partial charge in [0.1, 0.15) is 5.69 Å². The first-order valence-electron chi connectivity index (χ1n) is 7.53. The van der Waals surface area contributed by atoms with Crippen LogP contribution in [0.4, 0.5) is 0 Å². The van der Waals surface area contributed by atoms with Gasteiger partial charge in [0.15, 0.2) is 0 Å². The van der Waals surface area contributed by atoms with Crippen molar-refractivity contribution >= 4 is 11.9 Å². The van der Waals surface area contributed by atoms with E-state index in [4.69, 9.17) is 0 Å². The normalized spacial score (nSPS) is 25.0. The fourth-order valence-electron chi connectivity index (χ4n) is 2.95. The van der Waals surface area contributed by atoms with Crippen LogP contribution in [0.15, 0.2) is 6.07 Å². The highest BCUT2D eigenvalue weighted by atomic mass is 16.4. The molecule has 6 nitrogen and oxygen atoms in total. The van der Waals surface area contributed by atoms with Crippen LogP contribution in [0.2, 0.25) is 0 Å². The smallest absolute Gasteiger partial charge is 0.311 e. The maximum atomic E-state index is 12.5. The highest BCUT2D eigenvalue weighted by Gasteiger charge is 2.46. The molecule has 1 aromatic rings. The van der Waals surface area contributed by atoms with Crippen molar-refractivity contribution in [2.24, 2.45) is 5.41 Å². The van der Waals surface area contributed by atoms with E-state index in [9.17, 15) is 14.7 Å².